The lowest BCUT2D eigenvalue weighted by molar-refractivity contribution is -0.121. The second-order valence-electron chi connectivity index (χ2n) is 5.14. The quantitative estimate of drug-likeness (QED) is 0.307. The molecule has 132 valence electrons. The average molecular weight is 452 g/mol. The van der Waals surface area contributed by atoms with Crippen LogP contribution in [0.15, 0.2) is 22.5 Å². The van der Waals surface area contributed by atoms with Crippen molar-refractivity contribution in [2.45, 2.75) is 46.1 Å². The number of halogens is 1. The molecule has 0 saturated heterocycles. The number of hydrogen-bond acceptors (Lipinski definition) is 3. The summed E-state index contributed by atoms with van der Waals surface area (Å²) in [6.45, 7) is 8.26. The predicted octanol–water partition coefficient (Wildman–Crippen LogP) is 2.77. The molecule has 0 fully saturated rings. The lowest BCUT2D eigenvalue weighted by Gasteiger charge is -2.13. The first-order valence-electron chi connectivity index (χ1n) is 7.99. The largest absolute Gasteiger partial charge is 0.357 e. The van der Waals surface area contributed by atoms with Crippen LogP contribution in [-0.4, -0.2) is 37.5 Å². The second kappa shape index (κ2) is 13.6. The van der Waals surface area contributed by atoms with Gasteiger partial charge in [-0.05, 0) is 31.7 Å². The monoisotopic (exact) mass is 452 g/mol. The Morgan fingerprint density at radius 3 is 2.74 bits per heavy atom. The molecule has 1 aromatic rings. The van der Waals surface area contributed by atoms with Gasteiger partial charge in [-0.1, -0.05) is 13.0 Å². The van der Waals surface area contributed by atoms with Crippen molar-refractivity contribution in [3.63, 3.8) is 0 Å². The Labute approximate surface area is 160 Å². The molecule has 1 heterocycles. The number of thiophene rings is 1. The third kappa shape index (κ3) is 10.5. The van der Waals surface area contributed by atoms with E-state index in [0.717, 1.165) is 31.9 Å². The van der Waals surface area contributed by atoms with E-state index in [1.165, 1.54) is 4.88 Å². The van der Waals surface area contributed by atoms with E-state index in [2.05, 4.69) is 45.4 Å². The summed E-state index contributed by atoms with van der Waals surface area (Å²) in [7, 11) is 0. The normalized spacial score (nSPS) is 12.2. The number of carbonyl (C=O) groups excluding carboxylic acids is 1. The Morgan fingerprint density at radius 2 is 2.13 bits per heavy atom. The molecule has 23 heavy (non-hydrogen) atoms. The van der Waals surface area contributed by atoms with Crippen LogP contribution in [0.5, 0.6) is 0 Å². The van der Waals surface area contributed by atoms with E-state index in [-0.39, 0.29) is 35.9 Å². The minimum atomic E-state index is 0. The van der Waals surface area contributed by atoms with Gasteiger partial charge in [-0.25, -0.2) is 0 Å². The van der Waals surface area contributed by atoms with Crippen molar-refractivity contribution in [2.75, 3.05) is 19.6 Å². The highest BCUT2D eigenvalue weighted by Crippen LogP contribution is 2.08. The minimum Gasteiger partial charge on any atom is -0.357 e. The molecule has 1 aromatic heterocycles. The smallest absolute Gasteiger partial charge is 0.221 e. The molecule has 7 heteroatoms. The topological polar surface area (TPSA) is 65.5 Å². The van der Waals surface area contributed by atoms with Crippen molar-refractivity contribution in [2.24, 2.45) is 4.99 Å². The van der Waals surface area contributed by atoms with E-state index in [1.54, 1.807) is 11.3 Å². The molecule has 0 bridgehead atoms. The zero-order valence-corrected chi connectivity index (χ0v) is 17.4. The van der Waals surface area contributed by atoms with E-state index in [9.17, 15) is 4.79 Å². The summed E-state index contributed by atoms with van der Waals surface area (Å²) in [5, 5.41) is 11.4. The number of rotatable bonds is 9. The molecule has 0 aliphatic rings. The van der Waals surface area contributed by atoms with Crippen LogP contribution in [0.2, 0.25) is 0 Å². The Morgan fingerprint density at radius 1 is 1.35 bits per heavy atom. The first-order valence-corrected chi connectivity index (χ1v) is 8.87. The summed E-state index contributed by atoms with van der Waals surface area (Å²) in [6, 6.07) is 4.42. The maximum absolute atomic E-state index is 11.7. The molecule has 0 saturated carbocycles. The van der Waals surface area contributed by atoms with Crippen molar-refractivity contribution in [3.05, 3.63) is 22.4 Å². The number of guanidine groups is 1. The fourth-order valence-electron chi connectivity index (χ4n) is 1.82. The Kier molecular flexibility index (Phi) is 13.1. The molecule has 1 rings (SSSR count). The maximum Gasteiger partial charge on any atom is 0.221 e. The summed E-state index contributed by atoms with van der Waals surface area (Å²) in [5.41, 5.74) is 0. The van der Waals surface area contributed by atoms with Crippen molar-refractivity contribution in [1.82, 2.24) is 16.0 Å². The minimum absolute atomic E-state index is 0. The van der Waals surface area contributed by atoms with Crippen molar-refractivity contribution in [3.8, 4) is 0 Å². The fourth-order valence-corrected chi connectivity index (χ4v) is 2.52. The molecular formula is C16H29IN4OS. The molecule has 0 aliphatic heterocycles. The van der Waals surface area contributed by atoms with E-state index in [0.29, 0.717) is 13.0 Å². The van der Waals surface area contributed by atoms with Gasteiger partial charge in [0, 0.05) is 43.4 Å². The molecular weight excluding hydrogens is 423 g/mol. The van der Waals surface area contributed by atoms with Crippen LogP contribution in [0.4, 0.5) is 0 Å². The van der Waals surface area contributed by atoms with Crippen LogP contribution in [0, 0.1) is 0 Å². The zero-order chi connectivity index (χ0) is 16.2. The van der Waals surface area contributed by atoms with E-state index in [4.69, 9.17) is 0 Å². The summed E-state index contributed by atoms with van der Waals surface area (Å²) in [6.07, 6.45) is 2.36. The van der Waals surface area contributed by atoms with Gasteiger partial charge in [0.05, 0.1) is 0 Å². The summed E-state index contributed by atoms with van der Waals surface area (Å²) in [5.74, 6) is 0.853. The van der Waals surface area contributed by atoms with E-state index >= 15 is 0 Å². The zero-order valence-electron chi connectivity index (χ0n) is 14.2. The van der Waals surface area contributed by atoms with Crippen LogP contribution in [0.3, 0.4) is 0 Å². The molecule has 3 N–H and O–H groups in total. The van der Waals surface area contributed by atoms with Gasteiger partial charge in [0.15, 0.2) is 5.96 Å². The van der Waals surface area contributed by atoms with Crippen LogP contribution < -0.4 is 16.0 Å². The van der Waals surface area contributed by atoms with Gasteiger partial charge in [-0.2, -0.15) is 0 Å². The van der Waals surface area contributed by atoms with Gasteiger partial charge in [-0.3, -0.25) is 9.79 Å². The van der Waals surface area contributed by atoms with E-state index in [1.807, 2.05) is 13.8 Å². The van der Waals surface area contributed by atoms with Gasteiger partial charge in [0.25, 0.3) is 0 Å². The molecule has 0 radical (unpaired) electrons. The first-order chi connectivity index (χ1) is 10.7. The highest BCUT2D eigenvalue weighted by Gasteiger charge is 2.05. The van der Waals surface area contributed by atoms with Crippen molar-refractivity contribution in [1.29, 1.82) is 0 Å². The van der Waals surface area contributed by atoms with Crippen molar-refractivity contribution >= 4 is 47.2 Å². The highest BCUT2D eigenvalue weighted by atomic mass is 127. The van der Waals surface area contributed by atoms with E-state index < -0.39 is 0 Å². The van der Waals surface area contributed by atoms with Crippen LogP contribution >= 0.6 is 35.3 Å². The number of amides is 1. The van der Waals surface area contributed by atoms with Crippen LogP contribution in [-0.2, 0) is 11.2 Å². The third-order valence-electron chi connectivity index (χ3n) is 3.22. The average Bonchev–Trinajstić information content (AvgIpc) is 3.00. The fraction of sp³-hybridized carbons (Fsp3) is 0.625. The summed E-state index contributed by atoms with van der Waals surface area (Å²) < 4.78 is 0. The first kappa shape index (κ1) is 22.2. The van der Waals surface area contributed by atoms with Crippen molar-refractivity contribution < 1.29 is 4.79 Å². The number of hydrogen-bond donors (Lipinski definition) is 3. The Hall–Kier alpha value is -0.830. The lowest BCUT2D eigenvalue weighted by Crippen LogP contribution is -2.40. The lowest BCUT2D eigenvalue weighted by atomic mass is 10.2. The SMILES string of the molecule is CCNC(=NCCc1cccs1)NCCC(=O)NC(C)CC.I. The van der Waals surface area contributed by atoms with Gasteiger partial charge in [0.2, 0.25) is 5.91 Å². The van der Waals surface area contributed by atoms with Gasteiger partial charge in [0.1, 0.15) is 0 Å². The molecule has 1 unspecified atom stereocenters. The summed E-state index contributed by atoms with van der Waals surface area (Å²) >= 11 is 1.75. The molecule has 0 aromatic carbocycles. The molecule has 0 spiro atoms. The Balaban J connectivity index is 0.00000484. The predicted molar refractivity (Wildman–Crippen MR) is 110 cm³/mol. The molecule has 5 nitrogen and oxygen atoms in total. The number of carbonyl (C=O) groups is 1. The molecule has 1 amide bonds. The maximum atomic E-state index is 11.7. The molecule has 1 atom stereocenters. The highest BCUT2D eigenvalue weighted by molar-refractivity contribution is 14.0. The Bertz CT molecular complexity index is 451. The number of nitrogens with zero attached hydrogens (tertiary/aromatic N) is 1. The number of nitrogens with one attached hydrogen (secondary N) is 3. The van der Waals surface area contributed by atoms with Gasteiger partial charge < -0.3 is 16.0 Å². The third-order valence-corrected chi connectivity index (χ3v) is 4.15. The van der Waals surface area contributed by atoms with Crippen LogP contribution in [0.1, 0.15) is 38.5 Å². The standard InChI is InChI=1S/C16H28N4OS.HI/c1-4-13(3)20-15(21)9-11-19-16(17-5-2)18-10-8-14-7-6-12-22-14;/h6-7,12-13H,4-5,8-11H2,1-3H3,(H,20,21)(H2,17,18,19);1H. The second-order valence-corrected chi connectivity index (χ2v) is 6.18. The number of aliphatic imine (C=N–C) groups is 1. The van der Waals surface area contributed by atoms with Gasteiger partial charge in [-0.15, -0.1) is 35.3 Å². The molecule has 0 aliphatic carbocycles. The van der Waals surface area contributed by atoms with Crippen LogP contribution in [0.25, 0.3) is 0 Å². The van der Waals surface area contributed by atoms with Gasteiger partial charge >= 0.3 is 0 Å². The summed E-state index contributed by atoms with van der Waals surface area (Å²) in [4.78, 5) is 17.6.